The first-order valence-corrected chi connectivity index (χ1v) is 4.71. The Morgan fingerprint density at radius 3 is 3.14 bits per heavy atom. The standard InChI is InChI=1S/C8H7N3O2S/c1-13-7(12)6-4-14-8(10-6)11-3-2-9-5-11/h2-5H,1H3. The molecule has 0 radical (unpaired) electrons. The summed E-state index contributed by atoms with van der Waals surface area (Å²) in [4.78, 5) is 19.1. The van der Waals surface area contributed by atoms with Crippen LogP contribution in [0.25, 0.3) is 5.13 Å². The smallest absolute Gasteiger partial charge is 0.357 e. The summed E-state index contributed by atoms with van der Waals surface area (Å²) >= 11 is 1.36. The van der Waals surface area contributed by atoms with Gasteiger partial charge in [0.2, 0.25) is 0 Å². The van der Waals surface area contributed by atoms with Crippen molar-refractivity contribution in [1.82, 2.24) is 14.5 Å². The van der Waals surface area contributed by atoms with Gasteiger partial charge < -0.3 is 4.74 Å². The van der Waals surface area contributed by atoms with E-state index in [1.54, 1.807) is 28.7 Å². The summed E-state index contributed by atoms with van der Waals surface area (Å²) in [6, 6.07) is 0. The molecule has 6 heteroatoms. The van der Waals surface area contributed by atoms with Crippen LogP contribution in [-0.4, -0.2) is 27.6 Å². The van der Waals surface area contributed by atoms with Crippen molar-refractivity contribution in [3.8, 4) is 5.13 Å². The number of nitrogens with zero attached hydrogens (tertiary/aromatic N) is 3. The molecule has 0 fully saturated rings. The van der Waals surface area contributed by atoms with E-state index in [1.807, 2.05) is 0 Å². The van der Waals surface area contributed by atoms with Crippen LogP contribution in [-0.2, 0) is 4.74 Å². The summed E-state index contributed by atoms with van der Waals surface area (Å²) in [5.41, 5.74) is 0.321. The van der Waals surface area contributed by atoms with E-state index in [2.05, 4.69) is 14.7 Å². The highest BCUT2D eigenvalue weighted by Crippen LogP contribution is 2.14. The third-order valence-corrected chi connectivity index (χ3v) is 2.47. The van der Waals surface area contributed by atoms with Crippen LogP contribution >= 0.6 is 11.3 Å². The first kappa shape index (κ1) is 8.89. The molecule has 0 bridgehead atoms. The third kappa shape index (κ3) is 1.51. The van der Waals surface area contributed by atoms with Crippen molar-refractivity contribution in [2.45, 2.75) is 0 Å². The molecule has 0 aliphatic rings. The molecule has 0 saturated carbocycles. The molecule has 72 valence electrons. The van der Waals surface area contributed by atoms with Gasteiger partial charge in [-0.05, 0) is 0 Å². The number of carbonyl (C=O) groups is 1. The number of hydrogen-bond acceptors (Lipinski definition) is 5. The van der Waals surface area contributed by atoms with Crippen LogP contribution in [0.1, 0.15) is 10.5 Å². The lowest BCUT2D eigenvalue weighted by Gasteiger charge is -1.93. The summed E-state index contributed by atoms with van der Waals surface area (Å²) < 4.78 is 6.28. The topological polar surface area (TPSA) is 57.0 Å². The number of methoxy groups -OCH3 is 1. The molecule has 0 atom stereocenters. The quantitative estimate of drug-likeness (QED) is 0.695. The maximum atomic E-state index is 11.1. The van der Waals surface area contributed by atoms with Crippen molar-refractivity contribution in [2.75, 3.05) is 7.11 Å². The molecule has 2 aromatic rings. The van der Waals surface area contributed by atoms with Crippen LogP contribution in [0.3, 0.4) is 0 Å². The highest BCUT2D eigenvalue weighted by molar-refractivity contribution is 7.12. The minimum atomic E-state index is -0.424. The molecule has 0 aliphatic carbocycles. The molecule has 2 aromatic heterocycles. The number of ether oxygens (including phenoxy) is 1. The van der Waals surface area contributed by atoms with E-state index in [-0.39, 0.29) is 0 Å². The molecule has 0 aromatic carbocycles. The monoisotopic (exact) mass is 209 g/mol. The molecule has 2 heterocycles. The number of aromatic nitrogens is 3. The van der Waals surface area contributed by atoms with E-state index in [1.165, 1.54) is 18.4 Å². The highest BCUT2D eigenvalue weighted by Gasteiger charge is 2.10. The fourth-order valence-electron chi connectivity index (χ4n) is 0.953. The molecule has 0 aliphatic heterocycles. The van der Waals surface area contributed by atoms with E-state index in [9.17, 15) is 4.79 Å². The fourth-order valence-corrected chi connectivity index (χ4v) is 1.70. The predicted molar refractivity (Wildman–Crippen MR) is 50.6 cm³/mol. The Morgan fingerprint density at radius 1 is 1.64 bits per heavy atom. The number of esters is 1. The lowest BCUT2D eigenvalue weighted by molar-refractivity contribution is 0.0595. The third-order valence-electron chi connectivity index (χ3n) is 1.61. The molecule has 2 rings (SSSR count). The van der Waals surface area contributed by atoms with Crippen molar-refractivity contribution in [2.24, 2.45) is 0 Å². The van der Waals surface area contributed by atoms with Gasteiger partial charge in [0.15, 0.2) is 10.8 Å². The van der Waals surface area contributed by atoms with E-state index >= 15 is 0 Å². The largest absolute Gasteiger partial charge is 0.464 e. The maximum absolute atomic E-state index is 11.1. The molecule has 0 N–H and O–H groups in total. The van der Waals surface area contributed by atoms with Crippen molar-refractivity contribution < 1.29 is 9.53 Å². The van der Waals surface area contributed by atoms with Crippen molar-refractivity contribution in [3.05, 3.63) is 29.8 Å². The van der Waals surface area contributed by atoms with E-state index in [0.717, 1.165) is 0 Å². The van der Waals surface area contributed by atoms with Gasteiger partial charge in [0.05, 0.1) is 7.11 Å². The number of carbonyl (C=O) groups excluding carboxylic acids is 1. The molecule has 0 unspecified atom stereocenters. The van der Waals surface area contributed by atoms with Crippen LogP contribution in [0.15, 0.2) is 24.1 Å². The second-order valence-corrected chi connectivity index (χ2v) is 3.31. The molecular formula is C8H7N3O2S. The lowest BCUT2D eigenvalue weighted by atomic mass is 10.5. The second-order valence-electron chi connectivity index (χ2n) is 2.48. The number of rotatable bonds is 2. The molecule has 5 nitrogen and oxygen atoms in total. The summed E-state index contributed by atoms with van der Waals surface area (Å²) in [6.45, 7) is 0. The van der Waals surface area contributed by atoms with Gasteiger partial charge in [0.25, 0.3) is 0 Å². The fraction of sp³-hybridized carbons (Fsp3) is 0.125. The van der Waals surface area contributed by atoms with Crippen LogP contribution in [0.4, 0.5) is 0 Å². The Bertz CT molecular complexity index is 435. The van der Waals surface area contributed by atoms with Gasteiger partial charge in [0, 0.05) is 17.8 Å². The van der Waals surface area contributed by atoms with Gasteiger partial charge in [-0.1, -0.05) is 0 Å². The van der Waals surface area contributed by atoms with Gasteiger partial charge >= 0.3 is 5.97 Å². The zero-order chi connectivity index (χ0) is 9.97. The van der Waals surface area contributed by atoms with Crippen LogP contribution in [0.5, 0.6) is 0 Å². The Labute approximate surface area is 84.0 Å². The van der Waals surface area contributed by atoms with Crippen LogP contribution < -0.4 is 0 Å². The number of thiazole rings is 1. The molecule has 14 heavy (non-hydrogen) atoms. The van der Waals surface area contributed by atoms with E-state index in [4.69, 9.17) is 0 Å². The minimum absolute atomic E-state index is 0.321. The first-order valence-electron chi connectivity index (χ1n) is 3.83. The van der Waals surface area contributed by atoms with Crippen molar-refractivity contribution in [3.63, 3.8) is 0 Å². The van der Waals surface area contributed by atoms with Gasteiger partial charge in [-0.25, -0.2) is 14.8 Å². The normalized spacial score (nSPS) is 10.1. The molecule has 0 saturated heterocycles. The average molecular weight is 209 g/mol. The van der Waals surface area contributed by atoms with Crippen molar-refractivity contribution in [1.29, 1.82) is 0 Å². The van der Waals surface area contributed by atoms with Gasteiger partial charge in [-0.15, -0.1) is 11.3 Å². The Kier molecular flexibility index (Phi) is 2.28. The van der Waals surface area contributed by atoms with Gasteiger partial charge in [-0.2, -0.15) is 0 Å². The highest BCUT2D eigenvalue weighted by atomic mass is 32.1. The summed E-state index contributed by atoms with van der Waals surface area (Å²) in [5, 5.41) is 2.35. The second kappa shape index (κ2) is 3.59. The lowest BCUT2D eigenvalue weighted by Crippen LogP contribution is -2.01. The summed E-state index contributed by atoms with van der Waals surface area (Å²) in [7, 11) is 1.33. The zero-order valence-corrected chi connectivity index (χ0v) is 8.19. The van der Waals surface area contributed by atoms with Crippen LogP contribution in [0.2, 0.25) is 0 Å². The maximum Gasteiger partial charge on any atom is 0.357 e. The average Bonchev–Trinajstić information content (AvgIpc) is 2.86. The summed E-state index contributed by atoms with van der Waals surface area (Å²) in [6.07, 6.45) is 5.04. The Balaban J connectivity index is 2.31. The molecular weight excluding hydrogens is 202 g/mol. The molecule has 0 amide bonds. The van der Waals surface area contributed by atoms with Gasteiger partial charge in [-0.3, -0.25) is 4.57 Å². The minimum Gasteiger partial charge on any atom is -0.464 e. The van der Waals surface area contributed by atoms with E-state index in [0.29, 0.717) is 10.8 Å². The first-order chi connectivity index (χ1) is 6.81. The Hall–Kier alpha value is -1.69. The molecule has 0 spiro atoms. The summed E-state index contributed by atoms with van der Waals surface area (Å²) in [5.74, 6) is -0.424. The Morgan fingerprint density at radius 2 is 2.50 bits per heavy atom. The van der Waals surface area contributed by atoms with Gasteiger partial charge in [0.1, 0.15) is 6.33 Å². The van der Waals surface area contributed by atoms with E-state index < -0.39 is 5.97 Å². The SMILES string of the molecule is COC(=O)c1csc(-n2ccnc2)n1. The number of imidazole rings is 1. The van der Waals surface area contributed by atoms with Crippen LogP contribution in [0, 0.1) is 0 Å². The predicted octanol–water partition coefficient (Wildman–Crippen LogP) is 1.12. The van der Waals surface area contributed by atoms with Crippen molar-refractivity contribution >= 4 is 17.3 Å². The number of hydrogen-bond donors (Lipinski definition) is 0. The zero-order valence-electron chi connectivity index (χ0n) is 7.38.